The van der Waals surface area contributed by atoms with Gasteiger partial charge in [0.05, 0.1) is 5.71 Å². The van der Waals surface area contributed by atoms with E-state index in [-0.39, 0.29) is 18.5 Å². The summed E-state index contributed by atoms with van der Waals surface area (Å²) in [7, 11) is -2.36. The monoisotopic (exact) mass is 435 g/mol. The summed E-state index contributed by atoms with van der Waals surface area (Å²) < 4.78 is 23.5. The summed E-state index contributed by atoms with van der Waals surface area (Å²) in [6.07, 6.45) is 2.28. The van der Waals surface area contributed by atoms with Gasteiger partial charge in [-0.3, -0.25) is 14.8 Å². The van der Waals surface area contributed by atoms with Crippen LogP contribution >= 0.6 is 0 Å². The van der Waals surface area contributed by atoms with E-state index in [4.69, 9.17) is 10.0 Å². The fourth-order valence-corrected chi connectivity index (χ4v) is 3.73. The van der Waals surface area contributed by atoms with E-state index in [2.05, 4.69) is 5.16 Å². The number of hydrogen-bond acceptors (Lipinski definition) is 7. The normalized spacial score (nSPS) is 14.1. The number of amides is 1. The van der Waals surface area contributed by atoms with Gasteiger partial charge in [0.25, 0.3) is 11.5 Å². The molecule has 0 saturated carbocycles. The predicted molar refractivity (Wildman–Crippen MR) is 113 cm³/mol. The van der Waals surface area contributed by atoms with Gasteiger partial charge < -0.3 is 9.40 Å². The molecule has 9 nitrogen and oxygen atoms in total. The molecule has 2 aromatic rings. The van der Waals surface area contributed by atoms with E-state index in [1.165, 1.54) is 30.1 Å². The zero-order chi connectivity index (χ0) is 22.5. The van der Waals surface area contributed by atoms with Gasteiger partial charge >= 0.3 is 0 Å². The molecule has 2 rings (SSSR count). The Balaban J connectivity index is 2.24. The fourth-order valence-electron chi connectivity index (χ4n) is 2.88. The second-order valence-corrected chi connectivity index (χ2v) is 9.52. The quantitative estimate of drug-likeness (QED) is 0.368. The lowest BCUT2D eigenvalue weighted by molar-refractivity contribution is -0.131. The predicted octanol–water partition coefficient (Wildman–Crippen LogP) is 1.58. The first-order chi connectivity index (χ1) is 14.0. The Morgan fingerprint density at radius 3 is 2.37 bits per heavy atom. The lowest BCUT2D eigenvalue weighted by Gasteiger charge is -2.25. The van der Waals surface area contributed by atoms with Crippen molar-refractivity contribution < 1.29 is 23.3 Å². The minimum absolute atomic E-state index is 0.0122. The zero-order valence-electron chi connectivity index (χ0n) is 17.2. The lowest BCUT2D eigenvalue weighted by atomic mass is 10.0. The number of aryl methyl sites for hydroxylation is 1. The molecular weight excluding hydrogens is 410 g/mol. The number of sulfone groups is 1. The number of oxime groups is 1. The Morgan fingerprint density at radius 1 is 1.23 bits per heavy atom. The maximum atomic E-state index is 12.5. The van der Waals surface area contributed by atoms with Gasteiger partial charge in [-0.05, 0) is 43.0 Å². The number of carbonyl (C=O) groups excluding carboxylic acids is 1. The Kier molecular flexibility index (Phi) is 7.16. The highest BCUT2D eigenvalue weighted by Crippen LogP contribution is 2.23. The molecule has 0 aliphatic rings. The third-order valence-corrected chi connectivity index (χ3v) is 7.12. The van der Waals surface area contributed by atoms with Crippen LogP contribution in [0.15, 0.2) is 52.5 Å². The second kappa shape index (κ2) is 9.23. The summed E-state index contributed by atoms with van der Waals surface area (Å²) >= 11 is 0. The number of hydrogen-bond donors (Lipinski definition) is 2. The molecule has 0 bridgehead atoms. The molecule has 30 heavy (non-hydrogen) atoms. The van der Waals surface area contributed by atoms with Crippen molar-refractivity contribution in [2.24, 2.45) is 5.16 Å². The number of rotatable bonds is 8. The Bertz CT molecular complexity index is 1110. The van der Waals surface area contributed by atoms with Crippen LogP contribution in [-0.4, -0.2) is 47.9 Å². The smallest absolute Gasteiger partial charge is 0.264 e. The summed E-state index contributed by atoms with van der Waals surface area (Å²) in [6.45, 7) is 3.02. The van der Waals surface area contributed by atoms with Crippen LogP contribution < -0.4 is 11.0 Å². The van der Waals surface area contributed by atoms with Crippen molar-refractivity contribution in [3.8, 4) is 11.1 Å². The maximum absolute atomic E-state index is 12.5. The van der Waals surface area contributed by atoms with Crippen molar-refractivity contribution in [2.45, 2.75) is 31.6 Å². The van der Waals surface area contributed by atoms with E-state index in [1.807, 2.05) is 31.2 Å². The number of carbonyl (C=O) groups is 1. The molecule has 1 heterocycles. The fraction of sp³-hybridized carbons (Fsp3) is 0.350. The van der Waals surface area contributed by atoms with E-state index < -0.39 is 20.5 Å². The molecule has 1 aromatic carbocycles. The van der Waals surface area contributed by atoms with E-state index >= 15 is 0 Å². The van der Waals surface area contributed by atoms with Crippen LogP contribution in [-0.2, 0) is 26.0 Å². The number of hydroxylamine groups is 1. The van der Waals surface area contributed by atoms with Crippen LogP contribution in [0, 0.1) is 0 Å². The van der Waals surface area contributed by atoms with Gasteiger partial charge in [0.2, 0.25) is 0 Å². The van der Waals surface area contributed by atoms with Gasteiger partial charge in [0.15, 0.2) is 14.6 Å². The van der Waals surface area contributed by atoms with Gasteiger partial charge in [0.1, 0.15) is 7.11 Å². The molecule has 2 N–H and O–H groups in total. The Labute approximate surface area is 174 Å². The summed E-state index contributed by atoms with van der Waals surface area (Å²) in [6, 6.07) is 10.6. The molecule has 1 amide bonds. The third kappa shape index (κ3) is 4.95. The van der Waals surface area contributed by atoms with Gasteiger partial charge in [-0.1, -0.05) is 29.4 Å². The molecule has 162 valence electrons. The minimum Gasteiger partial charge on any atom is -0.399 e. The molecule has 0 aliphatic heterocycles. The standard InChI is InChI=1S/C20H25N3O6S/c1-14(22-29-3)15-5-7-16(8-6-15)17-9-11-23(18(24)13-17)12-10-20(2,19(25)21-26)30(4,27)28/h5-9,11,13,26H,10,12H2,1-4H3,(H,21,25)/b22-14-. The van der Waals surface area contributed by atoms with Crippen LogP contribution in [0.4, 0.5) is 0 Å². The molecule has 0 saturated heterocycles. The summed E-state index contributed by atoms with van der Waals surface area (Å²) in [4.78, 5) is 29.2. The molecule has 0 aliphatic carbocycles. The molecule has 1 atom stereocenters. The summed E-state index contributed by atoms with van der Waals surface area (Å²) in [5.74, 6) is -1.04. The first-order valence-electron chi connectivity index (χ1n) is 9.06. The molecule has 0 radical (unpaired) electrons. The van der Waals surface area contributed by atoms with Crippen LogP contribution in [0.5, 0.6) is 0 Å². The third-order valence-electron chi connectivity index (χ3n) is 5.09. The van der Waals surface area contributed by atoms with Crippen LogP contribution in [0.3, 0.4) is 0 Å². The van der Waals surface area contributed by atoms with Gasteiger partial charge in [-0.25, -0.2) is 13.9 Å². The topological polar surface area (TPSA) is 127 Å². The van der Waals surface area contributed by atoms with E-state index in [0.29, 0.717) is 5.56 Å². The number of nitrogens with one attached hydrogen (secondary N) is 1. The highest BCUT2D eigenvalue weighted by Gasteiger charge is 2.43. The average molecular weight is 436 g/mol. The first-order valence-corrected chi connectivity index (χ1v) is 11.0. The van der Waals surface area contributed by atoms with Crippen molar-refractivity contribution in [3.05, 3.63) is 58.5 Å². The molecule has 0 spiro atoms. The minimum atomic E-state index is -3.83. The van der Waals surface area contributed by atoms with Crippen molar-refractivity contribution in [1.82, 2.24) is 10.0 Å². The van der Waals surface area contributed by atoms with E-state index in [0.717, 1.165) is 23.1 Å². The molecular formula is C20H25N3O6S. The van der Waals surface area contributed by atoms with E-state index in [9.17, 15) is 18.0 Å². The second-order valence-electron chi connectivity index (χ2n) is 7.08. The largest absolute Gasteiger partial charge is 0.399 e. The average Bonchev–Trinajstić information content (AvgIpc) is 2.71. The summed E-state index contributed by atoms with van der Waals surface area (Å²) in [5, 5.41) is 12.8. The van der Waals surface area contributed by atoms with Crippen LogP contribution in [0.25, 0.3) is 11.1 Å². The number of pyridine rings is 1. The number of aromatic nitrogens is 1. The number of benzene rings is 1. The van der Waals surface area contributed by atoms with Gasteiger partial charge in [-0.2, -0.15) is 0 Å². The Hall–Kier alpha value is -2.98. The van der Waals surface area contributed by atoms with Crippen molar-refractivity contribution in [1.29, 1.82) is 0 Å². The molecule has 1 unspecified atom stereocenters. The van der Waals surface area contributed by atoms with Crippen molar-refractivity contribution in [3.63, 3.8) is 0 Å². The molecule has 0 fully saturated rings. The van der Waals surface area contributed by atoms with Crippen molar-refractivity contribution in [2.75, 3.05) is 13.4 Å². The highest BCUT2D eigenvalue weighted by molar-refractivity contribution is 7.92. The van der Waals surface area contributed by atoms with Gasteiger partial charge in [-0.15, -0.1) is 0 Å². The summed E-state index contributed by atoms with van der Waals surface area (Å²) in [5.41, 5.74) is 4.19. The molecule has 10 heteroatoms. The first kappa shape index (κ1) is 23.3. The number of nitrogens with zero attached hydrogens (tertiary/aromatic N) is 2. The van der Waals surface area contributed by atoms with Crippen molar-refractivity contribution >= 4 is 21.5 Å². The Morgan fingerprint density at radius 2 is 1.87 bits per heavy atom. The van der Waals surface area contributed by atoms with Crippen LogP contribution in [0.2, 0.25) is 0 Å². The molecule has 1 aromatic heterocycles. The highest BCUT2D eigenvalue weighted by atomic mass is 32.2. The zero-order valence-corrected chi connectivity index (χ0v) is 18.1. The SMILES string of the molecule is CO/N=C(/C)c1ccc(-c2ccn(CCC(C)(C(=O)NO)S(C)(=O)=O)c(=O)c2)cc1. The lowest BCUT2D eigenvalue weighted by Crippen LogP contribution is -2.49. The van der Waals surface area contributed by atoms with Gasteiger partial charge in [0, 0.05) is 25.1 Å². The maximum Gasteiger partial charge on any atom is 0.264 e. The van der Waals surface area contributed by atoms with Crippen LogP contribution in [0.1, 0.15) is 25.8 Å². The van der Waals surface area contributed by atoms with E-state index in [1.54, 1.807) is 12.3 Å².